The summed E-state index contributed by atoms with van der Waals surface area (Å²) < 4.78 is 42.0. The molecule has 7 nitrogen and oxygen atoms in total. The zero-order valence-electron chi connectivity index (χ0n) is 20.3. The number of aliphatic imine (C=N–C) groups is 1. The molecule has 186 valence electrons. The van der Waals surface area contributed by atoms with E-state index in [1.807, 2.05) is 17.9 Å². The summed E-state index contributed by atoms with van der Waals surface area (Å²) >= 11 is 0. The monoisotopic (exact) mass is 494 g/mol. The third-order valence-electron chi connectivity index (χ3n) is 6.56. The maximum Gasteiger partial charge on any atom is 0.416 e. The van der Waals surface area contributed by atoms with E-state index in [1.54, 1.807) is 32.3 Å². The maximum absolute atomic E-state index is 13.5. The van der Waals surface area contributed by atoms with Crippen LogP contribution < -0.4 is 15.8 Å². The fraction of sp³-hybridized carbons (Fsp3) is 0.308. The topological polar surface area (TPSA) is 75.4 Å². The summed E-state index contributed by atoms with van der Waals surface area (Å²) in [5.74, 6) is 2.53. The van der Waals surface area contributed by atoms with Crippen LogP contribution in [0.4, 0.5) is 24.8 Å². The molecule has 0 fully saturated rings. The molecule has 1 unspecified atom stereocenters. The van der Waals surface area contributed by atoms with E-state index in [0.29, 0.717) is 36.1 Å². The standard InChI is InChI=1S/C26H25F3N6O/c1-14-18(6-5-7-21(14)26(27,28)29)15(2)31-23-20-12-19(17-8-9-22(36)34(4)13-17)24-30-10-11-35(24)25(20)33-16(3)32-23/h5-9,12-13,15H,10-11H2,1-4H3,(H,31,32,33). The quantitative estimate of drug-likeness (QED) is 0.566. The van der Waals surface area contributed by atoms with Crippen LogP contribution in [0.2, 0.25) is 0 Å². The van der Waals surface area contributed by atoms with Gasteiger partial charge in [0.2, 0.25) is 5.56 Å². The van der Waals surface area contributed by atoms with E-state index in [-0.39, 0.29) is 11.1 Å². The molecule has 2 aromatic heterocycles. The summed E-state index contributed by atoms with van der Waals surface area (Å²) in [5, 5.41) is 3.33. The zero-order valence-corrected chi connectivity index (χ0v) is 20.3. The Morgan fingerprint density at radius 1 is 1.11 bits per heavy atom. The molecule has 2 aliphatic heterocycles. The van der Waals surface area contributed by atoms with Gasteiger partial charge in [-0.2, -0.15) is 13.2 Å². The van der Waals surface area contributed by atoms with Crippen LogP contribution >= 0.6 is 0 Å². The van der Waals surface area contributed by atoms with Crippen LogP contribution in [-0.2, 0) is 13.2 Å². The van der Waals surface area contributed by atoms with Gasteiger partial charge in [0.1, 0.15) is 23.3 Å². The van der Waals surface area contributed by atoms with Crippen molar-refractivity contribution in [2.45, 2.75) is 33.0 Å². The second-order valence-electron chi connectivity index (χ2n) is 9.02. The van der Waals surface area contributed by atoms with Crippen LogP contribution in [0.3, 0.4) is 0 Å². The predicted molar refractivity (Wildman–Crippen MR) is 134 cm³/mol. The van der Waals surface area contributed by atoms with E-state index in [2.05, 4.69) is 20.3 Å². The number of hydrogen-bond donors (Lipinski definition) is 1. The lowest BCUT2D eigenvalue weighted by Gasteiger charge is -2.30. The summed E-state index contributed by atoms with van der Waals surface area (Å²) in [6, 6.07) is 7.03. The first-order chi connectivity index (χ1) is 17.0. The molecule has 0 bridgehead atoms. The van der Waals surface area contributed by atoms with Crippen molar-refractivity contribution in [2.75, 3.05) is 23.3 Å². The molecule has 2 aliphatic rings. The van der Waals surface area contributed by atoms with E-state index in [9.17, 15) is 18.0 Å². The Balaban J connectivity index is 1.61. The average Bonchev–Trinajstić information content (AvgIpc) is 3.30. The van der Waals surface area contributed by atoms with Crippen molar-refractivity contribution in [1.29, 1.82) is 0 Å². The van der Waals surface area contributed by atoms with Crippen molar-refractivity contribution < 1.29 is 13.2 Å². The summed E-state index contributed by atoms with van der Waals surface area (Å²) in [6.07, 6.45) is -0.735. The number of alkyl halides is 3. The lowest BCUT2D eigenvalue weighted by Crippen LogP contribution is -2.33. The smallest absolute Gasteiger partial charge is 0.363 e. The molecule has 0 aliphatic carbocycles. The number of anilines is 2. The highest BCUT2D eigenvalue weighted by Gasteiger charge is 2.34. The third-order valence-corrected chi connectivity index (χ3v) is 6.56. The molecule has 3 aromatic rings. The number of hydrogen-bond acceptors (Lipinski definition) is 6. The van der Waals surface area contributed by atoms with Gasteiger partial charge in [-0.05, 0) is 50.1 Å². The van der Waals surface area contributed by atoms with Gasteiger partial charge in [-0.3, -0.25) is 9.79 Å². The predicted octanol–water partition coefficient (Wildman–Crippen LogP) is 4.76. The summed E-state index contributed by atoms with van der Waals surface area (Å²) in [7, 11) is 1.69. The van der Waals surface area contributed by atoms with Gasteiger partial charge >= 0.3 is 6.18 Å². The second-order valence-corrected chi connectivity index (χ2v) is 9.02. The number of pyridine rings is 1. The van der Waals surface area contributed by atoms with Gasteiger partial charge in [0.25, 0.3) is 0 Å². The number of benzene rings is 1. The number of amidine groups is 1. The number of rotatable bonds is 4. The maximum atomic E-state index is 13.5. The Morgan fingerprint density at radius 2 is 1.89 bits per heavy atom. The van der Waals surface area contributed by atoms with Gasteiger partial charge in [-0.15, -0.1) is 0 Å². The van der Waals surface area contributed by atoms with Crippen molar-refractivity contribution >= 4 is 29.1 Å². The molecule has 0 radical (unpaired) electrons. The normalized spacial score (nSPS) is 15.7. The van der Waals surface area contributed by atoms with E-state index in [1.165, 1.54) is 23.6 Å². The minimum Gasteiger partial charge on any atom is -0.363 e. The first kappa shape index (κ1) is 23.8. The molecule has 1 N–H and O–H groups in total. The molecule has 1 atom stereocenters. The molecule has 5 rings (SSSR count). The lowest BCUT2D eigenvalue weighted by atomic mass is 9.96. The summed E-state index contributed by atoms with van der Waals surface area (Å²) in [4.78, 5) is 27.9. The number of fused-ring (bicyclic) bond motifs is 3. The molecule has 4 heterocycles. The van der Waals surface area contributed by atoms with E-state index in [4.69, 9.17) is 0 Å². The largest absolute Gasteiger partial charge is 0.416 e. The van der Waals surface area contributed by atoms with Gasteiger partial charge in [-0.25, -0.2) is 9.97 Å². The Morgan fingerprint density at radius 3 is 2.61 bits per heavy atom. The van der Waals surface area contributed by atoms with Gasteiger partial charge < -0.3 is 14.8 Å². The first-order valence-corrected chi connectivity index (χ1v) is 11.6. The van der Waals surface area contributed by atoms with Crippen molar-refractivity contribution in [3.63, 3.8) is 0 Å². The summed E-state index contributed by atoms with van der Waals surface area (Å²) in [5.41, 5.74) is 2.32. The third kappa shape index (κ3) is 4.06. The SMILES string of the molecule is Cc1nc(NC(C)c2cccc(C(F)(F)F)c2C)c2c(n1)N1CCN=C1C(c1ccc(=O)n(C)c1)=C2. The first-order valence-electron chi connectivity index (χ1n) is 11.6. The highest BCUT2D eigenvalue weighted by molar-refractivity contribution is 6.36. The average molecular weight is 495 g/mol. The minimum absolute atomic E-state index is 0.118. The van der Waals surface area contributed by atoms with Gasteiger partial charge in [0.15, 0.2) is 0 Å². The Bertz CT molecular complexity index is 1490. The van der Waals surface area contributed by atoms with Gasteiger partial charge in [-0.1, -0.05) is 12.1 Å². The highest BCUT2D eigenvalue weighted by atomic mass is 19.4. The number of nitrogens with zero attached hydrogens (tertiary/aromatic N) is 5. The van der Waals surface area contributed by atoms with Crippen LogP contribution in [0.15, 0.2) is 46.3 Å². The highest BCUT2D eigenvalue weighted by Crippen LogP contribution is 2.40. The molecule has 0 saturated heterocycles. The van der Waals surface area contributed by atoms with Crippen LogP contribution in [0, 0.1) is 13.8 Å². The number of aromatic nitrogens is 3. The fourth-order valence-electron chi connectivity index (χ4n) is 4.79. The molecule has 0 amide bonds. The molecule has 10 heteroatoms. The van der Waals surface area contributed by atoms with E-state index >= 15 is 0 Å². The fourth-order valence-corrected chi connectivity index (χ4v) is 4.79. The number of aryl methyl sites for hydroxylation is 2. The Labute approximate surface area is 206 Å². The molecule has 1 aromatic carbocycles. The van der Waals surface area contributed by atoms with E-state index in [0.717, 1.165) is 28.6 Å². The molecule has 0 spiro atoms. The van der Waals surface area contributed by atoms with Crippen LogP contribution in [0.25, 0.3) is 11.6 Å². The molecular weight excluding hydrogens is 469 g/mol. The number of halogens is 3. The van der Waals surface area contributed by atoms with E-state index < -0.39 is 17.8 Å². The Hall–Kier alpha value is -3.95. The number of nitrogens with one attached hydrogen (secondary N) is 1. The molecule has 36 heavy (non-hydrogen) atoms. The molecular formula is C26H25F3N6O. The van der Waals surface area contributed by atoms with Crippen LogP contribution in [0.1, 0.15) is 46.6 Å². The summed E-state index contributed by atoms with van der Waals surface area (Å²) in [6.45, 7) is 6.33. The Kier molecular flexibility index (Phi) is 5.69. The van der Waals surface area contributed by atoms with Crippen LogP contribution in [-0.4, -0.2) is 33.5 Å². The van der Waals surface area contributed by atoms with Crippen molar-refractivity contribution in [2.24, 2.45) is 12.0 Å². The van der Waals surface area contributed by atoms with Crippen molar-refractivity contribution in [3.05, 3.63) is 80.5 Å². The van der Waals surface area contributed by atoms with Gasteiger partial charge in [0, 0.05) is 37.0 Å². The van der Waals surface area contributed by atoms with Crippen molar-refractivity contribution in [1.82, 2.24) is 14.5 Å². The van der Waals surface area contributed by atoms with Crippen molar-refractivity contribution in [3.8, 4) is 0 Å². The molecule has 0 saturated carbocycles. The van der Waals surface area contributed by atoms with Gasteiger partial charge in [0.05, 0.1) is 23.7 Å². The lowest BCUT2D eigenvalue weighted by molar-refractivity contribution is -0.138. The minimum atomic E-state index is -4.43. The second kappa shape index (κ2) is 8.61. The zero-order chi connectivity index (χ0) is 25.8. The van der Waals surface area contributed by atoms with Crippen LogP contribution in [0.5, 0.6) is 0 Å².